The number of carbonyl (C=O) groups is 2. The Bertz CT molecular complexity index is 621. The monoisotopic (exact) mass is 387 g/mol. The van der Waals surface area contributed by atoms with Crippen molar-refractivity contribution >= 4 is 35.2 Å². The van der Waals surface area contributed by atoms with Crippen LogP contribution in [0.3, 0.4) is 0 Å². The Balaban J connectivity index is 1.67. The van der Waals surface area contributed by atoms with E-state index in [1.807, 2.05) is 24.0 Å². The van der Waals surface area contributed by atoms with Gasteiger partial charge in [0.15, 0.2) is 0 Å². The van der Waals surface area contributed by atoms with Crippen LogP contribution >= 0.6 is 23.2 Å². The molecule has 1 aromatic rings. The predicted octanol–water partition coefficient (Wildman–Crippen LogP) is 2.77. The van der Waals surface area contributed by atoms with E-state index in [-0.39, 0.29) is 24.7 Å². The average molecular weight is 388 g/mol. The number of nitrogens with one attached hydrogen (secondary N) is 2. The molecule has 3 N–H and O–H groups in total. The lowest BCUT2D eigenvalue weighted by Crippen LogP contribution is -2.56. The van der Waals surface area contributed by atoms with Crippen molar-refractivity contribution in [2.45, 2.75) is 38.3 Å². The van der Waals surface area contributed by atoms with Gasteiger partial charge in [-0.15, -0.1) is 0 Å². The molecule has 1 aliphatic rings. The topological polar surface area (TPSA) is 81.7 Å². The maximum Gasteiger partial charge on any atom is 0.317 e. The van der Waals surface area contributed by atoms with E-state index in [1.165, 1.54) is 0 Å². The Morgan fingerprint density at radius 3 is 2.68 bits per heavy atom. The second-order valence-electron chi connectivity index (χ2n) is 6.14. The summed E-state index contributed by atoms with van der Waals surface area (Å²) in [4.78, 5) is 24.7. The molecule has 0 aliphatic heterocycles. The third kappa shape index (κ3) is 5.76. The van der Waals surface area contributed by atoms with Gasteiger partial charge in [-0.25, -0.2) is 4.79 Å². The van der Waals surface area contributed by atoms with Crippen LogP contribution in [0.15, 0.2) is 18.2 Å². The van der Waals surface area contributed by atoms with Crippen molar-refractivity contribution < 1.29 is 14.7 Å². The van der Waals surface area contributed by atoms with Crippen molar-refractivity contribution in [2.75, 3.05) is 19.6 Å². The van der Waals surface area contributed by atoms with E-state index in [2.05, 4.69) is 10.6 Å². The molecule has 1 saturated carbocycles. The first-order valence-electron chi connectivity index (χ1n) is 8.33. The molecular weight excluding hydrogens is 365 g/mol. The highest BCUT2D eigenvalue weighted by Crippen LogP contribution is 2.26. The SMILES string of the molecule is CCN(CC(=O)O)C1CC(NC(=O)NCCc2cccc(Cl)c2Cl)C1. The number of amides is 2. The molecule has 2 rings (SSSR count). The Labute approximate surface area is 157 Å². The van der Waals surface area contributed by atoms with Gasteiger partial charge in [-0.2, -0.15) is 0 Å². The van der Waals surface area contributed by atoms with Gasteiger partial charge in [-0.1, -0.05) is 42.3 Å². The summed E-state index contributed by atoms with van der Waals surface area (Å²) in [5, 5.41) is 15.6. The van der Waals surface area contributed by atoms with E-state index >= 15 is 0 Å². The largest absolute Gasteiger partial charge is 0.480 e. The van der Waals surface area contributed by atoms with Gasteiger partial charge < -0.3 is 15.7 Å². The summed E-state index contributed by atoms with van der Waals surface area (Å²) in [6.07, 6.45) is 2.14. The second-order valence-corrected chi connectivity index (χ2v) is 6.93. The molecule has 8 heteroatoms. The number of carboxylic acid groups (broad SMARTS) is 1. The Kier molecular flexibility index (Phi) is 7.35. The van der Waals surface area contributed by atoms with Gasteiger partial charge >= 0.3 is 12.0 Å². The maximum atomic E-state index is 11.9. The van der Waals surface area contributed by atoms with Gasteiger partial charge in [0.2, 0.25) is 0 Å². The van der Waals surface area contributed by atoms with Gasteiger partial charge in [0.05, 0.1) is 16.6 Å². The standard InChI is InChI=1S/C17H23Cl2N3O3/c1-2-22(10-15(23)24)13-8-12(9-13)21-17(25)20-7-6-11-4-3-5-14(18)16(11)19/h3-5,12-13H,2,6-10H2,1H3,(H,23,24)(H2,20,21,25). The highest BCUT2D eigenvalue weighted by atomic mass is 35.5. The van der Waals surface area contributed by atoms with Gasteiger partial charge in [-0.3, -0.25) is 9.69 Å². The number of aliphatic carboxylic acids is 1. The molecule has 0 unspecified atom stereocenters. The van der Waals surface area contributed by atoms with Gasteiger partial charge in [0.1, 0.15) is 0 Å². The molecule has 138 valence electrons. The van der Waals surface area contributed by atoms with Crippen LogP contribution < -0.4 is 10.6 Å². The zero-order chi connectivity index (χ0) is 18.4. The Hall–Kier alpha value is -1.50. The lowest BCUT2D eigenvalue weighted by Gasteiger charge is -2.42. The molecule has 2 amide bonds. The third-order valence-electron chi connectivity index (χ3n) is 4.42. The zero-order valence-electron chi connectivity index (χ0n) is 14.1. The van der Waals surface area contributed by atoms with E-state index in [0.29, 0.717) is 29.6 Å². The van der Waals surface area contributed by atoms with Crippen LogP contribution in [0, 0.1) is 0 Å². The summed E-state index contributed by atoms with van der Waals surface area (Å²) in [5.41, 5.74) is 0.894. The molecule has 0 radical (unpaired) electrons. The van der Waals surface area contributed by atoms with Crippen LogP contribution in [0.4, 0.5) is 4.79 Å². The van der Waals surface area contributed by atoms with Gasteiger partial charge in [0, 0.05) is 18.6 Å². The fourth-order valence-electron chi connectivity index (χ4n) is 2.97. The number of carboxylic acids is 1. The van der Waals surface area contributed by atoms with Crippen molar-refractivity contribution in [3.8, 4) is 0 Å². The molecule has 0 saturated heterocycles. The van der Waals surface area contributed by atoms with Crippen LogP contribution in [0.25, 0.3) is 0 Å². The molecule has 0 bridgehead atoms. The number of likely N-dealkylation sites (N-methyl/N-ethyl adjacent to an activating group) is 1. The fourth-order valence-corrected chi connectivity index (χ4v) is 3.38. The molecule has 1 fully saturated rings. The minimum absolute atomic E-state index is 0.0421. The highest BCUT2D eigenvalue weighted by Gasteiger charge is 2.34. The molecular formula is C17H23Cl2N3O3. The molecule has 0 spiro atoms. The van der Waals surface area contributed by atoms with Crippen LogP contribution in [0.2, 0.25) is 10.0 Å². The van der Waals surface area contributed by atoms with Crippen molar-refractivity contribution in [3.63, 3.8) is 0 Å². The Morgan fingerprint density at radius 2 is 2.04 bits per heavy atom. The number of halogens is 2. The molecule has 25 heavy (non-hydrogen) atoms. The van der Waals surface area contributed by atoms with E-state index in [1.54, 1.807) is 6.07 Å². The first-order chi connectivity index (χ1) is 11.9. The Morgan fingerprint density at radius 1 is 1.32 bits per heavy atom. The van der Waals surface area contributed by atoms with Crippen LogP contribution in [-0.2, 0) is 11.2 Å². The minimum Gasteiger partial charge on any atom is -0.480 e. The smallest absolute Gasteiger partial charge is 0.317 e. The van der Waals surface area contributed by atoms with Crippen LogP contribution in [0.5, 0.6) is 0 Å². The number of rotatable bonds is 8. The van der Waals surface area contributed by atoms with Gasteiger partial charge in [-0.05, 0) is 37.4 Å². The van der Waals surface area contributed by atoms with Crippen molar-refractivity contribution in [2.24, 2.45) is 0 Å². The molecule has 0 aromatic heterocycles. The number of urea groups is 1. The minimum atomic E-state index is -0.823. The molecule has 0 heterocycles. The molecule has 1 aromatic carbocycles. The summed E-state index contributed by atoms with van der Waals surface area (Å²) >= 11 is 12.1. The summed E-state index contributed by atoms with van der Waals surface area (Å²) in [6.45, 7) is 3.14. The normalized spacial score (nSPS) is 19.4. The van der Waals surface area contributed by atoms with Crippen molar-refractivity contribution in [3.05, 3.63) is 33.8 Å². The third-order valence-corrected chi connectivity index (χ3v) is 5.28. The first kappa shape index (κ1) is 19.8. The van der Waals surface area contributed by atoms with Gasteiger partial charge in [0.25, 0.3) is 0 Å². The highest BCUT2D eigenvalue weighted by molar-refractivity contribution is 6.42. The van der Waals surface area contributed by atoms with Crippen LogP contribution in [0.1, 0.15) is 25.3 Å². The second kappa shape index (κ2) is 9.27. The predicted molar refractivity (Wildman–Crippen MR) is 98.4 cm³/mol. The van der Waals surface area contributed by atoms with E-state index < -0.39 is 5.97 Å². The van der Waals surface area contributed by atoms with Crippen molar-refractivity contribution in [1.82, 2.24) is 15.5 Å². The lowest BCUT2D eigenvalue weighted by molar-refractivity contribution is -0.139. The summed E-state index contributed by atoms with van der Waals surface area (Å²) < 4.78 is 0. The number of nitrogens with zero attached hydrogens (tertiary/aromatic N) is 1. The number of hydrogen-bond acceptors (Lipinski definition) is 3. The molecule has 1 aliphatic carbocycles. The summed E-state index contributed by atoms with van der Waals surface area (Å²) in [6, 6.07) is 5.52. The van der Waals surface area contributed by atoms with E-state index in [9.17, 15) is 9.59 Å². The summed E-state index contributed by atoms with van der Waals surface area (Å²) in [7, 11) is 0. The van der Waals surface area contributed by atoms with E-state index in [4.69, 9.17) is 28.3 Å². The average Bonchev–Trinajstić information content (AvgIpc) is 2.52. The first-order valence-corrected chi connectivity index (χ1v) is 9.09. The number of carbonyl (C=O) groups excluding carboxylic acids is 1. The van der Waals surface area contributed by atoms with Crippen LogP contribution in [-0.4, -0.2) is 53.7 Å². The molecule has 0 atom stereocenters. The fraction of sp³-hybridized carbons (Fsp3) is 0.529. The zero-order valence-corrected chi connectivity index (χ0v) is 15.6. The summed E-state index contributed by atoms with van der Waals surface area (Å²) in [5.74, 6) is -0.823. The number of hydrogen-bond donors (Lipinski definition) is 3. The molecule has 6 nitrogen and oxygen atoms in total. The maximum absolute atomic E-state index is 11.9. The number of benzene rings is 1. The van der Waals surface area contributed by atoms with Crippen molar-refractivity contribution in [1.29, 1.82) is 0 Å². The lowest BCUT2D eigenvalue weighted by atomic mass is 9.85. The quantitative estimate of drug-likeness (QED) is 0.640. The van der Waals surface area contributed by atoms with E-state index in [0.717, 1.165) is 18.4 Å².